The average molecular weight is 221 g/mol. The highest BCUT2D eigenvalue weighted by Crippen LogP contribution is 2.17. The van der Waals surface area contributed by atoms with E-state index in [0.29, 0.717) is 0 Å². The lowest BCUT2D eigenvalue weighted by Crippen LogP contribution is -2.37. The molecule has 1 rings (SSSR count). The van der Waals surface area contributed by atoms with E-state index in [4.69, 9.17) is 0 Å². The van der Waals surface area contributed by atoms with Gasteiger partial charge in [0, 0.05) is 13.1 Å². The number of hydrogen-bond donors (Lipinski definition) is 1. The Balaban J connectivity index is 2.45. The van der Waals surface area contributed by atoms with Crippen molar-refractivity contribution in [1.29, 1.82) is 0 Å². The molecule has 0 saturated heterocycles. The standard InChI is InChI=1S/C14H23NO/c1-12(14(2,3)16)10-15(4)11-13-8-6-5-7-9-13/h5-9,12,16H,10-11H2,1-4H3. The van der Waals surface area contributed by atoms with Gasteiger partial charge in [-0.1, -0.05) is 37.3 Å². The van der Waals surface area contributed by atoms with E-state index < -0.39 is 5.60 Å². The van der Waals surface area contributed by atoms with Gasteiger partial charge in [0.15, 0.2) is 0 Å². The number of nitrogens with zero attached hydrogens (tertiary/aromatic N) is 1. The van der Waals surface area contributed by atoms with Gasteiger partial charge in [0.2, 0.25) is 0 Å². The molecule has 0 heterocycles. The van der Waals surface area contributed by atoms with E-state index in [1.807, 2.05) is 19.9 Å². The van der Waals surface area contributed by atoms with Gasteiger partial charge in [-0.25, -0.2) is 0 Å². The maximum absolute atomic E-state index is 9.87. The minimum atomic E-state index is -0.606. The fourth-order valence-corrected chi connectivity index (χ4v) is 1.65. The van der Waals surface area contributed by atoms with Crippen LogP contribution < -0.4 is 0 Å². The van der Waals surface area contributed by atoms with Crippen molar-refractivity contribution in [3.8, 4) is 0 Å². The Morgan fingerprint density at radius 3 is 2.31 bits per heavy atom. The quantitative estimate of drug-likeness (QED) is 0.826. The molecular formula is C14H23NO. The fourth-order valence-electron chi connectivity index (χ4n) is 1.65. The zero-order chi connectivity index (χ0) is 12.2. The third-order valence-corrected chi connectivity index (χ3v) is 3.09. The summed E-state index contributed by atoms with van der Waals surface area (Å²) in [6, 6.07) is 10.4. The van der Waals surface area contributed by atoms with Crippen LogP contribution in [0.5, 0.6) is 0 Å². The third kappa shape index (κ3) is 4.33. The molecule has 0 aliphatic carbocycles. The van der Waals surface area contributed by atoms with Gasteiger partial charge in [-0.05, 0) is 32.4 Å². The van der Waals surface area contributed by atoms with E-state index in [2.05, 4.69) is 43.1 Å². The smallest absolute Gasteiger partial charge is 0.0629 e. The predicted molar refractivity (Wildman–Crippen MR) is 68.2 cm³/mol. The highest BCUT2D eigenvalue weighted by Gasteiger charge is 2.23. The summed E-state index contributed by atoms with van der Waals surface area (Å²) in [6.07, 6.45) is 0. The van der Waals surface area contributed by atoms with Crippen molar-refractivity contribution in [2.75, 3.05) is 13.6 Å². The molecule has 0 spiro atoms. The Morgan fingerprint density at radius 2 is 1.81 bits per heavy atom. The van der Waals surface area contributed by atoms with Crippen LogP contribution >= 0.6 is 0 Å². The first-order valence-corrected chi connectivity index (χ1v) is 5.84. The lowest BCUT2D eigenvalue weighted by Gasteiger charge is -2.30. The molecule has 0 aliphatic heterocycles. The molecule has 0 fully saturated rings. The summed E-state index contributed by atoms with van der Waals surface area (Å²) in [5.74, 6) is 0.265. The van der Waals surface area contributed by atoms with Gasteiger partial charge in [-0.3, -0.25) is 0 Å². The minimum absolute atomic E-state index is 0.265. The van der Waals surface area contributed by atoms with E-state index in [1.54, 1.807) is 0 Å². The van der Waals surface area contributed by atoms with Crippen LogP contribution in [0.4, 0.5) is 0 Å². The SMILES string of the molecule is CC(CN(C)Cc1ccccc1)C(C)(C)O. The van der Waals surface area contributed by atoms with E-state index in [1.165, 1.54) is 5.56 Å². The first-order valence-electron chi connectivity index (χ1n) is 5.84. The van der Waals surface area contributed by atoms with Gasteiger partial charge in [0.05, 0.1) is 5.60 Å². The molecule has 0 saturated carbocycles. The molecule has 1 unspecified atom stereocenters. The Kier molecular flexibility index (Phi) is 4.51. The van der Waals surface area contributed by atoms with Crippen molar-refractivity contribution in [2.24, 2.45) is 5.92 Å². The Hall–Kier alpha value is -0.860. The minimum Gasteiger partial charge on any atom is -0.390 e. The van der Waals surface area contributed by atoms with Gasteiger partial charge in [-0.2, -0.15) is 0 Å². The first-order chi connectivity index (χ1) is 7.39. The van der Waals surface area contributed by atoms with Crippen molar-refractivity contribution in [2.45, 2.75) is 32.9 Å². The summed E-state index contributed by atoms with van der Waals surface area (Å²) in [5, 5.41) is 9.87. The molecule has 0 radical (unpaired) electrons. The second kappa shape index (κ2) is 5.46. The van der Waals surface area contributed by atoms with Gasteiger partial charge < -0.3 is 10.0 Å². The Bertz CT molecular complexity index is 302. The summed E-state index contributed by atoms with van der Waals surface area (Å²) in [5.41, 5.74) is 0.707. The summed E-state index contributed by atoms with van der Waals surface area (Å²) in [4.78, 5) is 2.25. The van der Waals surface area contributed by atoms with E-state index in [9.17, 15) is 5.11 Å². The fraction of sp³-hybridized carbons (Fsp3) is 0.571. The molecule has 0 aliphatic rings. The van der Waals surface area contributed by atoms with Crippen molar-refractivity contribution < 1.29 is 5.11 Å². The van der Waals surface area contributed by atoms with E-state index in [0.717, 1.165) is 13.1 Å². The van der Waals surface area contributed by atoms with Crippen molar-refractivity contribution >= 4 is 0 Å². The molecule has 1 N–H and O–H groups in total. The Labute approximate surface area is 98.9 Å². The summed E-state index contributed by atoms with van der Waals surface area (Å²) in [7, 11) is 2.09. The van der Waals surface area contributed by atoms with E-state index >= 15 is 0 Å². The lowest BCUT2D eigenvalue weighted by molar-refractivity contribution is 0.0110. The van der Waals surface area contributed by atoms with Crippen LogP contribution in [0.3, 0.4) is 0 Å². The topological polar surface area (TPSA) is 23.5 Å². The van der Waals surface area contributed by atoms with Crippen molar-refractivity contribution in [1.82, 2.24) is 4.90 Å². The predicted octanol–water partition coefficient (Wildman–Crippen LogP) is 2.53. The van der Waals surface area contributed by atoms with Gasteiger partial charge >= 0.3 is 0 Å². The van der Waals surface area contributed by atoms with Crippen LogP contribution in [0.1, 0.15) is 26.3 Å². The molecule has 1 atom stereocenters. The number of rotatable bonds is 5. The molecule has 90 valence electrons. The highest BCUT2D eigenvalue weighted by atomic mass is 16.3. The molecule has 16 heavy (non-hydrogen) atoms. The van der Waals surface area contributed by atoms with Crippen LogP contribution in [0.15, 0.2) is 30.3 Å². The second-order valence-electron chi connectivity index (χ2n) is 5.24. The van der Waals surface area contributed by atoms with Crippen LogP contribution in [0, 0.1) is 5.92 Å². The van der Waals surface area contributed by atoms with Crippen molar-refractivity contribution in [3.05, 3.63) is 35.9 Å². The molecule has 2 nitrogen and oxygen atoms in total. The van der Waals surface area contributed by atoms with Gasteiger partial charge in [0.25, 0.3) is 0 Å². The van der Waals surface area contributed by atoms with Crippen LogP contribution in [-0.4, -0.2) is 29.2 Å². The number of hydrogen-bond acceptors (Lipinski definition) is 2. The van der Waals surface area contributed by atoms with Gasteiger partial charge in [-0.15, -0.1) is 0 Å². The lowest BCUT2D eigenvalue weighted by atomic mass is 9.92. The molecule has 2 heteroatoms. The maximum Gasteiger partial charge on any atom is 0.0629 e. The van der Waals surface area contributed by atoms with Gasteiger partial charge in [0.1, 0.15) is 0 Å². The summed E-state index contributed by atoms with van der Waals surface area (Å²) in [6.45, 7) is 7.66. The molecule has 1 aromatic carbocycles. The first kappa shape index (κ1) is 13.2. The maximum atomic E-state index is 9.87. The largest absolute Gasteiger partial charge is 0.390 e. The number of aliphatic hydroxyl groups is 1. The van der Waals surface area contributed by atoms with Crippen LogP contribution in [-0.2, 0) is 6.54 Å². The molecule has 0 bridgehead atoms. The normalized spacial score (nSPS) is 14.1. The van der Waals surface area contributed by atoms with Crippen LogP contribution in [0.2, 0.25) is 0 Å². The highest BCUT2D eigenvalue weighted by molar-refractivity contribution is 5.14. The summed E-state index contributed by atoms with van der Waals surface area (Å²) >= 11 is 0. The zero-order valence-electron chi connectivity index (χ0n) is 10.8. The Morgan fingerprint density at radius 1 is 1.25 bits per heavy atom. The third-order valence-electron chi connectivity index (χ3n) is 3.09. The molecule has 0 amide bonds. The molecule has 0 aromatic heterocycles. The zero-order valence-corrected chi connectivity index (χ0v) is 10.8. The average Bonchev–Trinajstić information content (AvgIpc) is 2.17. The van der Waals surface area contributed by atoms with E-state index in [-0.39, 0.29) is 5.92 Å². The number of benzene rings is 1. The molecular weight excluding hydrogens is 198 g/mol. The molecule has 1 aromatic rings. The van der Waals surface area contributed by atoms with Crippen LogP contribution in [0.25, 0.3) is 0 Å². The van der Waals surface area contributed by atoms with Crippen molar-refractivity contribution in [3.63, 3.8) is 0 Å². The monoisotopic (exact) mass is 221 g/mol. The second-order valence-corrected chi connectivity index (χ2v) is 5.24. The summed E-state index contributed by atoms with van der Waals surface area (Å²) < 4.78 is 0.